The van der Waals surface area contributed by atoms with Gasteiger partial charge >= 0.3 is 5.97 Å². The standard InChI is InChI=1S/C15H19NO3/c1-3-11(9-15(18)19)12-4-5-14-13(8-12)6-7-16(14)10(2)17/h4-5,8,11H,3,6-7,9H2,1-2H3,(H,18,19). The number of aliphatic carboxylic acids is 1. The van der Waals surface area contributed by atoms with Crippen molar-refractivity contribution in [3.8, 4) is 0 Å². The van der Waals surface area contributed by atoms with Crippen LogP contribution >= 0.6 is 0 Å². The van der Waals surface area contributed by atoms with Crippen molar-refractivity contribution in [3.63, 3.8) is 0 Å². The zero-order valence-corrected chi connectivity index (χ0v) is 11.3. The second-order valence-corrected chi connectivity index (χ2v) is 5.01. The van der Waals surface area contributed by atoms with Crippen molar-refractivity contribution in [1.82, 2.24) is 0 Å². The number of carboxylic acid groups (broad SMARTS) is 1. The molecule has 0 saturated carbocycles. The van der Waals surface area contributed by atoms with Gasteiger partial charge in [-0.05, 0) is 36.0 Å². The number of hydrogen-bond donors (Lipinski definition) is 1. The maximum atomic E-state index is 11.5. The molecule has 0 bridgehead atoms. The molecule has 0 radical (unpaired) electrons. The van der Waals surface area contributed by atoms with Crippen molar-refractivity contribution >= 4 is 17.6 Å². The van der Waals surface area contributed by atoms with Gasteiger partial charge in [0.2, 0.25) is 5.91 Å². The molecule has 0 aliphatic carbocycles. The first-order valence-electron chi connectivity index (χ1n) is 6.65. The number of hydrogen-bond acceptors (Lipinski definition) is 2. The van der Waals surface area contributed by atoms with Gasteiger partial charge in [0.15, 0.2) is 0 Å². The van der Waals surface area contributed by atoms with Gasteiger partial charge in [-0.3, -0.25) is 9.59 Å². The third kappa shape index (κ3) is 2.78. The number of fused-ring (bicyclic) bond motifs is 1. The molecule has 1 aromatic rings. The second kappa shape index (κ2) is 5.43. The Morgan fingerprint density at radius 3 is 2.74 bits per heavy atom. The van der Waals surface area contributed by atoms with Crippen LogP contribution in [0.1, 0.15) is 43.7 Å². The Morgan fingerprint density at radius 1 is 1.42 bits per heavy atom. The Kier molecular flexibility index (Phi) is 3.88. The summed E-state index contributed by atoms with van der Waals surface area (Å²) in [4.78, 5) is 24.1. The van der Waals surface area contributed by atoms with Gasteiger partial charge in [0.25, 0.3) is 0 Å². The minimum atomic E-state index is -0.766. The number of benzene rings is 1. The first kappa shape index (κ1) is 13.6. The molecule has 1 aliphatic heterocycles. The monoisotopic (exact) mass is 261 g/mol. The van der Waals surface area contributed by atoms with E-state index in [4.69, 9.17) is 5.11 Å². The van der Waals surface area contributed by atoms with Crippen LogP contribution in [0.4, 0.5) is 5.69 Å². The van der Waals surface area contributed by atoms with Crippen LogP contribution in [0.25, 0.3) is 0 Å². The van der Waals surface area contributed by atoms with Gasteiger partial charge in [0, 0.05) is 19.2 Å². The highest BCUT2D eigenvalue weighted by Crippen LogP contribution is 2.33. The molecule has 4 heteroatoms. The Morgan fingerprint density at radius 2 is 2.16 bits per heavy atom. The van der Waals surface area contributed by atoms with Crippen LogP contribution in [0, 0.1) is 0 Å². The van der Waals surface area contributed by atoms with Gasteiger partial charge in [-0.25, -0.2) is 0 Å². The zero-order valence-electron chi connectivity index (χ0n) is 11.3. The smallest absolute Gasteiger partial charge is 0.303 e. The van der Waals surface area contributed by atoms with E-state index in [1.807, 2.05) is 19.1 Å². The quantitative estimate of drug-likeness (QED) is 0.906. The van der Waals surface area contributed by atoms with Crippen LogP contribution in [0.2, 0.25) is 0 Å². The highest BCUT2D eigenvalue weighted by molar-refractivity contribution is 5.93. The summed E-state index contributed by atoms with van der Waals surface area (Å²) in [6.45, 7) is 4.30. The highest BCUT2D eigenvalue weighted by Gasteiger charge is 2.23. The Balaban J connectivity index is 2.27. The van der Waals surface area contributed by atoms with Gasteiger partial charge in [-0.1, -0.05) is 19.1 Å². The van der Waals surface area contributed by atoms with E-state index in [1.165, 1.54) is 0 Å². The Labute approximate surface area is 113 Å². The third-order valence-electron chi connectivity index (χ3n) is 3.76. The largest absolute Gasteiger partial charge is 0.481 e. The van der Waals surface area contributed by atoms with E-state index < -0.39 is 5.97 Å². The minimum absolute atomic E-state index is 0.0502. The molecule has 19 heavy (non-hydrogen) atoms. The number of carbonyl (C=O) groups is 2. The summed E-state index contributed by atoms with van der Waals surface area (Å²) >= 11 is 0. The molecule has 0 spiro atoms. The lowest BCUT2D eigenvalue weighted by Gasteiger charge is -2.17. The molecule has 1 unspecified atom stereocenters. The highest BCUT2D eigenvalue weighted by atomic mass is 16.4. The molecule has 0 saturated heterocycles. The van der Waals surface area contributed by atoms with E-state index in [2.05, 4.69) is 6.07 Å². The van der Waals surface area contributed by atoms with Crippen LogP contribution in [0.3, 0.4) is 0 Å². The predicted molar refractivity (Wildman–Crippen MR) is 73.5 cm³/mol. The number of rotatable bonds is 4. The number of carbonyl (C=O) groups excluding carboxylic acids is 1. The molecule has 4 nitrogen and oxygen atoms in total. The fraction of sp³-hybridized carbons (Fsp3) is 0.467. The molecule has 0 aromatic heterocycles. The number of nitrogens with zero attached hydrogens (tertiary/aromatic N) is 1. The Bertz CT molecular complexity index is 510. The van der Waals surface area contributed by atoms with Crippen molar-refractivity contribution < 1.29 is 14.7 Å². The number of anilines is 1. The minimum Gasteiger partial charge on any atom is -0.481 e. The zero-order chi connectivity index (χ0) is 14.0. The van der Waals surface area contributed by atoms with Crippen molar-refractivity contribution in [2.45, 2.75) is 39.0 Å². The van der Waals surface area contributed by atoms with Gasteiger partial charge in [0.1, 0.15) is 0 Å². The van der Waals surface area contributed by atoms with Gasteiger partial charge < -0.3 is 10.0 Å². The van der Waals surface area contributed by atoms with Crippen LogP contribution in [-0.2, 0) is 16.0 Å². The summed E-state index contributed by atoms with van der Waals surface area (Å²) in [5.41, 5.74) is 3.19. The number of carboxylic acids is 1. The van der Waals surface area contributed by atoms with Crippen LogP contribution in [-0.4, -0.2) is 23.5 Å². The molecule has 0 fully saturated rings. The van der Waals surface area contributed by atoms with Gasteiger partial charge in [-0.2, -0.15) is 0 Å². The summed E-state index contributed by atoms with van der Waals surface area (Å²) in [5, 5.41) is 8.93. The molecular weight excluding hydrogens is 242 g/mol. The molecule has 1 heterocycles. The van der Waals surface area contributed by atoms with Crippen LogP contribution in [0.15, 0.2) is 18.2 Å². The molecule has 1 atom stereocenters. The van der Waals surface area contributed by atoms with Gasteiger partial charge in [0.05, 0.1) is 6.42 Å². The first-order chi connectivity index (χ1) is 9.02. The molecular formula is C15H19NO3. The van der Waals surface area contributed by atoms with Crippen molar-refractivity contribution in [2.24, 2.45) is 0 Å². The lowest BCUT2D eigenvalue weighted by Crippen LogP contribution is -2.25. The molecule has 1 N–H and O–H groups in total. The van der Waals surface area contributed by atoms with E-state index in [0.717, 1.165) is 36.2 Å². The normalized spacial score (nSPS) is 15.2. The average molecular weight is 261 g/mol. The first-order valence-corrected chi connectivity index (χ1v) is 6.65. The lowest BCUT2D eigenvalue weighted by molar-refractivity contribution is -0.137. The molecule has 1 aliphatic rings. The third-order valence-corrected chi connectivity index (χ3v) is 3.76. The molecule has 1 aromatic carbocycles. The van der Waals surface area contributed by atoms with Gasteiger partial charge in [-0.15, -0.1) is 0 Å². The lowest BCUT2D eigenvalue weighted by atomic mass is 9.91. The molecule has 1 amide bonds. The van der Waals surface area contributed by atoms with E-state index in [1.54, 1.807) is 11.8 Å². The van der Waals surface area contributed by atoms with E-state index >= 15 is 0 Å². The molecule has 102 valence electrons. The predicted octanol–water partition coefficient (Wildman–Crippen LogP) is 2.56. The van der Waals surface area contributed by atoms with Crippen LogP contribution < -0.4 is 4.90 Å². The summed E-state index contributed by atoms with van der Waals surface area (Å²) in [5.74, 6) is -0.657. The fourth-order valence-electron chi connectivity index (χ4n) is 2.71. The maximum Gasteiger partial charge on any atom is 0.303 e. The maximum absolute atomic E-state index is 11.5. The topological polar surface area (TPSA) is 57.6 Å². The fourth-order valence-corrected chi connectivity index (χ4v) is 2.71. The molecule has 2 rings (SSSR count). The van der Waals surface area contributed by atoms with Crippen molar-refractivity contribution in [1.29, 1.82) is 0 Å². The summed E-state index contributed by atoms with van der Waals surface area (Å²) in [7, 11) is 0. The average Bonchev–Trinajstić information content (AvgIpc) is 2.78. The van der Waals surface area contributed by atoms with Crippen molar-refractivity contribution in [3.05, 3.63) is 29.3 Å². The van der Waals surface area contributed by atoms with E-state index in [-0.39, 0.29) is 18.2 Å². The number of amides is 1. The van der Waals surface area contributed by atoms with Crippen molar-refractivity contribution in [2.75, 3.05) is 11.4 Å². The van der Waals surface area contributed by atoms with E-state index in [0.29, 0.717) is 0 Å². The summed E-state index contributed by atoms with van der Waals surface area (Å²) < 4.78 is 0. The summed E-state index contributed by atoms with van der Waals surface area (Å²) in [6.07, 6.45) is 1.82. The van der Waals surface area contributed by atoms with E-state index in [9.17, 15) is 9.59 Å². The Hall–Kier alpha value is -1.84. The van der Waals surface area contributed by atoms with Crippen LogP contribution in [0.5, 0.6) is 0 Å². The SMILES string of the molecule is CCC(CC(=O)O)c1ccc2c(c1)CCN2C(C)=O. The second-order valence-electron chi connectivity index (χ2n) is 5.01. The summed E-state index contributed by atoms with van der Waals surface area (Å²) in [6, 6.07) is 5.97.